The van der Waals surface area contributed by atoms with E-state index in [0.717, 1.165) is 0 Å². The van der Waals surface area contributed by atoms with Crippen molar-refractivity contribution in [2.75, 3.05) is 20.0 Å². The average molecular weight is 314 g/mol. The Labute approximate surface area is 127 Å². The first-order chi connectivity index (χ1) is 9.55. The highest BCUT2D eigenvalue weighted by molar-refractivity contribution is 6.34. The summed E-state index contributed by atoms with van der Waals surface area (Å²) in [5.41, 5.74) is 6.32. The standard InChI is InChI=1S/C14H13Cl2NO3/c1-18-13-6-10(17)12(7-14(13)19-2)20-11-5-8(15)3-4-9(11)16/h3-7H,17H2,1-2H3. The monoisotopic (exact) mass is 313 g/mol. The van der Waals surface area contributed by atoms with Gasteiger partial charge < -0.3 is 19.9 Å². The molecule has 0 amide bonds. The number of anilines is 1. The molecule has 0 unspecified atom stereocenters. The molecule has 0 fully saturated rings. The Morgan fingerprint density at radius 1 is 0.850 bits per heavy atom. The molecule has 0 radical (unpaired) electrons. The zero-order valence-corrected chi connectivity index (χ0v) is 12.5. The Hall–Kier alpha value is -1.78. The number of ether oxygens (including phenoxy) is 3. The highest BCUT2D eigenvalue weighted by Crippen LogP contribution is 2.40. The van der Waals surface area contributed by atoms with Gasteiger partial charge in [-0.15, -0.1) is 0 Å². The summed E-state index contributed by atoms with van der Waals surface area (Å²) in [6.07, 6.45) is 0. The van der Waals surface area contributed by atoms with Crippen LogP contribution < -0.4 is 19.9 Å². The molecule has 0 aliphatic heterocycles. The third-order valence-corrected chi connectivity index (χ3v) is 3.18. The van der Waals surface area contributed by atoms with Gasteiger partial charge in [-0.2, -0.15) is 0 Å². The quantitative estimate of drug-likeness (QED) is 0.851. The van der Waals surface area contributed by atoms with E-state index in [-0.39, 0.29) is 0 Å². The molecule has 2 N–H and O–H groups in total. The molecule has 0 spiro atoms. The fourth-order valence-electron chi connectivity index (χ4n) is 1.64. The number of methoxy groups -OCH3 is 2. The molecule has 0 saturated carbocycles. The van der Waals surface area contributed by atoms with Crippen molar-refractivity contribution in [2.45, 2.75) is 0 Å². The van der Waals surface area contributed by atoms with Crippen molar-refractivity contribution in [3.05, 3.63) is 40.4 Å². The minimum atomic E-state index is 0.402. The van der Waals surface area contributed by atoms with Crippen LogP contribution in [0, 0.1) is 0 Å². The van der Waals surface area contributed by atoms with Crippen molar-refractivity contribution < 1.29 is 14.2 Å². The molecule has 0 aliphatic carbocycles. The van der Waals surface area contributed by atoms with Gasteiger partial charge in [-0.1, -0.05) is 23.2 Å². The maximum absolute atomic E-state index is 6.05. The number of nitrogens with two attached hydrogens (primary N) is 1. The van der Waals surface area contributed by atoms with Crippen LogP contribution in [0.1, 0.15) is 0 Å². The van der Waals surface area contributed by atoms with Crippen molar-refractivity contribution in [2.24, 2.45) is 0 Å². The van der Waals surface area contributed by atoms with Crippen LogP contribution in [0.2, 0.25) is 10.0 Å². The second-order valence-corrected chi connectivity index (χ2v) is 4.77. The molecule has 4 nitrogen and oxygen atoms in total. The van der Waals surface area contributed by atoms with Crippen LogP contribution in [0.3, 0.4) is 0 Å². The molecule has 2 aromatic rings. The number of hydrogen-bond acceptors (Lipinski definition) is 4. The van der Waals surface area contributed by atoms with E-state index in [1.807, 2.05) is 0 Å². The maximum atomic E-state index is 6.05. The topological polar surface area (TPSA) is 53.7 Å². The largest absolute Gasteiger partial charge is 0.493 e. The normalized spacial score (nSPS) is 10.2. The Bertz CT molecular complexity index is 632. The highest BCUT2D eigenvalue weighted by atomic mass is 35.5. The van der Waals surface area contributed by atoms with E-state index >= 15 is 0 Å². The molecule has 6 heteroatoms. The summed E-state index contributed by atoms with van der Waals surface area (Å²) in [5.74, 6) is 1.86. The molecule has 0 atom stereocenters. The second kappa shape index (κ2) is 6.11. The zero-order valence-electron chi connectivity index (χ0n) is 10.9. The summed E-state index contributed by atoms with van der Waals surface area (Å²) in [7, 11) is 3.07. The van der Waals surface area contributed by atoms with Crippen LogP contribution in [-0.2, 0) is 0 Å². The molecule has 106 valence electrons. The number of nitrogen functional groups attached to an aromatic ring is 1. The molecule has 0 bridgehead atoms. The van der Waals surface area contributed by atoms with Crippen LogP contribution in [-0.4, -0.2) is 14.2 Å². The third kappa shape index (κ3) is 3.03. The summed E-state index contributed by atoms with van der Waals surface area (Å²) in [6, 6.07) is 8.18. The first-order valence-corrected chi connectivity index (χ1v) is 6.45. The summed E-state index contributed by atoms with van der Waals surface area (Å²) in [4.78, 5) is 0. The van der Waals surface area contributed by atoms with E-state index in [0.29, 0.717) is 38.7 Å². The van der Waals surface area contributed by atoms with Gasteiger partial charge in [0.25, 0.3) is 0 Å². The summed E-state index contributed by atoms with van der Waals surface area (Å²) < 4.78 is 16.0. The van der Waals surface area contributed by atoms with E-state index < -0.39 is 0 Å². The molecule has 20 heavy (non-hydrogen) atoms. The summed E-state index contributed by atoms with van der Waals surface area (Å²) in [6.45, 7) is 0. The van der Waals surface area contributed by atoms with E-state index in [1.54, 1.807) is 30.3 Å². The van der Waals surface area contributed by atoms with Gasteiger partial charge in [0.1, 0.15) is 5.75 Å². The van der Waals surface area contributed by atoms with E-state index in [1.165, 1.54) is 14.2 Å². The van der Waals surface area contributed by atoms with Gasteiger partial charge in [-0.05, 0) is 12.1 Å². The van der Waals surface area contributed by atoms with Crippen LogP contribution in [0.4, 0.5) is 5.69 Å². The van der Waals surface area contributed by atoms with E-state index in [2.05, 4.69) is 0 Å². The van der Waals surface area contributed by atoms with Gasteiger partial charge >= 0.3 is 0 Å². The predicted molar refractivity (Wildman–Crippen MR) is 80.5 cm³/mol. The molecule has 2 rings (SSSR count). The van der Waals surface area contributed by atoms with Gasteiger partial charge in [0.05, 0.1) is 24.9 Å². The molecule has 0 aliphatic rings. The van der Waals surface area contributed by atoms with Crippen LogP contribution >= 0.6 is 23.2 Å². The lowest BCUT2D eigenvalue weighted by Crippen LogP contribution is -1.97. The lowest BCUT2D eigenvalue weighted by molar-refractivity contribution is 0.352. The van der Waals surface area contributed by atoms with Gasteiger partial charge in [-0.25, -0.2) is 0 Å². The van der Waals surface area contributed by atoms with Crippen molar-refractivity contribution in [1.82, 2.24) is 0 Å². The van der Waals surface area contributed by atoms with Crippen LogP contribution in [0.25, 0.3) is 0 Å². The van der Waals surface area contributed by atoms with Crippen LogP contribution in [0.5, 0.6) is 23.0 Å². The second-order valence-electron chi connectivity index (χ2n) is 3.92. The lowest BCUT2D eigenvalue weighted by atomic mass is 10.2. The molecule has 0 aromatic heterocycles. The third-order valence-electron chi connectivity index (χ3n) is 2.63. The molecular weight excluding hydrogens is 301 g/mol. The molecule has 0 saturated heterocycles. The Morgan fingerprint density at radius 3 is 2.15 bits per heavy atom. The van der Waals surface area contributed by atoms with Gasteiger partial charge in [0.2, 0.25) is 0 Å². The fourth-order valence-corrected chi connectivity index (χ4v) is 1.96. The zero-order chi connectivity index (χ0) is 14.7. The number of hydrogen-bond donors (Lipinski definition) is 1. The average Bonchev–Trinajstić information content (AvgIpc) is 2.44. The minimum absolute atomic E-state index is 0.402. The lowest BCUT2D eigenvalue weighted by Gasteiger charge is -2.14. The summed E-state index contributed by atoms with van der Waals surface area (Å²) >= 11 is 12.0. The van der Waals surface area contributed by atoms with Gasteiger partial charge in [0.15, 0.2) is 17.2 Å². The molecule has 0 heterocycles. The Balaban J connectivity index is 2.40. The van der Waals surface area contributed by atoms with E-state index in [9.17, 15) is 0 Å². The molecule has 2 aromatic carbocycles. The van der Waals surface area contributed by atoms with Crippen molar-refractivity contribution in [1.29, 1.82) is 0 Å². The minimum Gasteiger partial charge on any atom is -0.493 e. The SMILES string of the molecule is COc1cc(N)c(Oc2cc(Cl)ccc2Cl)cc1OC. The first-order valence-electron chi connectivity index (χ1n) is 5.69. The first kappa shape index (κ1) is 14.6. The Kier molecular flexibility index (Phi) is 4.47. The summed E-state index contributed by atoms with van der Waals surface area (Å²) in [5, 5.41) is 0.951. The highest BCUT2D eigenvalue weighted by Gasteiger charge is 2.12. The van der Waals surface area contributed by atoms with Gasteiger partial charge in [-0.3, -0.25) is 0 Å². The number of benzene rings is 2. The van der Waals surface area contributed by atoms with E-state index in [4.69, 9.17) is 43.1 Å². The van der Waals surface area contributed by atoms with Crippen molar-refractivity contribution in [3.8, 4) is 23.0 Å². The molecular formula is C14H13Cl2NO3. The smallest absolute Gasteiger partial charge is 0.164 e. The number of rotatable bonds is 4. The fraction of sp³-hybridized carbons (Fsp3) is 0.143. The van der Waals surface area contributed by atoms with Crippen LogP contribution in [0.15, 0.2) is 30.3 Å². The van der Waals surface area contributed by atoms with Crippen molar-refractivity contribution in [3.63, 3.8) is 0 Å². The van der Waals surface area contributed by atoms with Gasteiger partial charge in [0, 0.05) is 23.2 Å². The maximum Gasteiger partial charge on any atom is 0.164 e. The Morgan fingerprint density at radius 2 is 1.50 bits per heavy atom. The predicted octanol–water partition coefficient (Wildman–Crippen LogP) is 4.39. The van der Waals surface area contributed by atoms with Crippen molar-refractivity contribution >= 4 is 28.9 Å². The number of halogens is 2.